The summed E-state index contributed by atoms with van der Waals surface area (Å²) in [6.45, 7) is 2.95. The van der Waals surface area contributed by atoms with Crippen molar-refractivity contribution in [1.29, 1.82) is 0 Å². The van der Waals surface area contributed by atoms with Crippen LogP contribution in [0.5, 0.6) is 5.75 Å². The molecule has 3 heterocycles. The van der Waals surface area contributed by atoms with Crippen molar-refractivity contribution in [2.45, 2.75) is 38.5 Å². The molecule has 12 heteroatoms. The number of rotatable bonds is 4. The molecule has 0 saturated carbocycles. The summed E-state index contributed by atoms with van der Waals surface area (Å²) >= 11 is 0. The van der Waals surface area contributed by atoms with Gasteiger partial charge < -0.3 is 9.64 Å². The molecule has 1 fully saturated rings. The number of hydrogen-bond donors (Lipinski definition) is 0. The zero-order chi connectivity index (χ0) is 29.1. The number of carbonyl (C=O) groups excluding carboxylic acids is 1. The van der Waals surface area contributed by atoms with Crippen LogP contribution in [0.3, 0.4) is 0 Å². The SMILES string of the molecule is COc1ccc2c(c1)CCc1c-2nc2c(C(=O)N3CCN(Cc4cc(F)ccc4F)C[C@H]3C)cnn2c1C(F)(F)F. The summed E-state index contributed by atoms with van der Waals surface area (Å²) in [6.07, 6.45) is -3.10. The number of halogens is 5. The normalized spacial score (nSPS) is 17.4. The maximum atomic E-state index is 14.4. The van der Waals surface area contributed by atoms with Crippen LogP contribution in [0.25, 0.3) is 16.9 Å². The van der Waals surface area contributed by atoms with E-state index in [1.165, 1.54) is 7.11 Å². The van der Waals surface area contributed by atoms with E-state index >= 15 is 0 Å². The van der Waals surface area contributed by atoms with Crippen LogP contribution in [0.1, 0.15) is 39.7 Å². The highest BCUT2D eigenvalue weighted by Crippen LogP contribution is 2.41. The number of ether oxygens (including phenoxy) is 1. The molecule has 0 N–H and O–H groups in total. The summed E-state index contributed by atoms with van der Waals surface area (Å²) < 4.78 is 77.1. The highest BCUT2D eigenvalue weighted by Gasteiger charge is 2.41. The molecule has 1 atom stereocenters. The number of hydrogen-bond acceptors (Lipinski definition) is 5. The lowest BCUT2D eigenvalue weighted by molar-refractivity contribution is -0.143. The van der Waals surface area contributed by atoms with Gasteiger partial charge in [0.15, 0.2) is 11.3 Å². The topological polar surface area (TPSA) is 63.0 Å². The Morgan fingerprint density at radius 3 is 2.63 bits per heavy atom. The number of nitrogens with zero attached hydrogens (tertiary/aromatic N) is 5. The Hall–Kier alpha value is -4.06. The molecule has 1 amide bonds. The van der Waals surface area contributed by atoms with Crippen LogP contribution < -0.4 is 4.74 Å². The second-order valence-electron chi connectivity index (χ2n) is 10.4. The number of fused-ring (bicyclic) bond motifs is 4. The van der Waals surface area contributed by atoms with Crippen molar-refractivity contribution >= 4 is 11.6 Å². The predicted molar refractivity (Wildman–Crippen MR) is 140 cm³/mol. The highest BCUT2D eigenvalue weighted by atomic mass is 19.4. The summed E-state index contributed by atoms with van der Waals surface area (Å²) in [7, 11) is 1.52. The first kappa shape index (κ1) is 27.1. The first-order valence-corrected chi connectivity index (χ1v) is 13.2. The van der Waals surface area contributed by atoms with E-state index < -0.39 is 29.4 Å². The van der Waals surface area contributed by atoms with Crippen molar-refractivity contribution in [3.05, 3.63) is 82.2 Å². The predicted octanol–water partition coefficient (Wildman–Crippen LogP) is 5.15. The van der Waals surface area contributed by atoms with Gasteiger partial charge in [0.1, 0.15) is 22.9 Å². The van der Waals surface area contributed by atoms with E-state index in [9.17, 15) is 26.7 Å². The summed E-state index contributed by atoms with van der Waals surface area (Å²) in [5, 5.41) is 3.99. The first-order chi connectivity index (χ1) is 19.5. The molecule has 0 radical (unpaired) electrons. The molecule has 1 aliphatic carbocycles. The number of aryl methyl sites for hydroxylation is 1. The maximum Gasteiger partial charge on any atom is 0.433 e. The molecule has 6 rings (SSSR count). The summed E-state index contributed by atoms with van der Waals surface area (Å²) in [5.74, 6) is -0.946. The van der Waals surface area contributed by atoms with Crippen LogP contribution >= 0.6 is 0 Å². The minimum Gasteiger partial charge on any atom is -0.497 e. The average Bonchev–Trinajstić information content (AvgIpc) is 3.35. The van der Waals surface area contributed by atoms with Crippen LogP contribution in [0.15, 0.2) is 42.6 Å². The number of piperazine rings is 1. The molecule has 7 nitrogen and oxygen atoms in total. The monoisotopic (exact) mass is 571 g/mol. The highest BCUT2D eigenvalue weighted by molar-refractivity contribution is 6.00. The summed E-state index contributed by atoms with van der Waals surface area (Å²) in [5.41, 5.74) is 0.672. The van der Waals surface area contributed by atoms with Gasteiger partial charge in [-0.3, -0.25) is 9.69 Å². The van der Waals surface area contributed by atoms with Crippen molar-refractivity contribution in [2.24, 2.45) is 0 Å². The second-order valence-corrected chi connectivity index (χ2v) is 10.4. The minimum atomic E-state index is -4.73. The fourth-order valence-electron chi connectivity index (χ4n) is 5.86. The molecule has 41 heavy (non-hydrogen) atoms. The third-order valence-corrected chi connectivity index (χ3v) is 7.83. The Labute approximate surface area is 232 Å². The van der Waals surface area contributed by atoms with Crippen LogP contribution in [-0.4, -0.2) is 63.1 Å². The molecule has 0 spiro atoms. The molecular formula is C29H26F5N5O2. The van der Waals surface area contributed by atoms with Crippen molar-refractivity contribution in [2.75, 3.05) is 26.7 Å². The molecule has 0 unspecified atom stereocenters. The van der Waals surface area contributed by atoms with E-state index in [4.69, 9.17) is 4.74 Å². The quantitative estimate of drug-likeness (QED) is 0.317. The molecule has 0 bridgehead atoms. The Kier molecular flexibility index (Phi) is 6.68. The van der Waals surface area contributed by atoms with E-state index in [-0.39, 0.29) is 53.6 Å². The van der Waals surface area contributed by atoms with Gasteiger partial charge >= 0.3 is 6.18 Å². The van der Waals surface area contributed by atoms with Gasteiger partial charge in [0, 0.05) is 48.9 Å². The van der Waals surface area contributed by atoms with Crippen LogP contribution in [0.4, 0.5) is 22.0 Å². The van der Waals surface area contributed by atoms with Crippen LogP contribution in [0.2, 0.25) is 0 Å². The molecule has 1 aliphatic heterocycles. The Balaban J connectivity index is 1.34. The number of aromatic nitrogens is 3. The van der Waals surface area contributed by atoms with Crippen molar-refractivity contribution in [3.63, 3.8) is 0 Å². The Bertz CT molecular complexity index is 1670. The molecule has 2 aromatic heterocycles. The Morgan fingerprint density at radius 2 is 1.90 bits per heavy atom. The number of methoxy groups -OCH3 is 1. The van der Waals surface area contributed by atoms with Gasteiger partial charge in [0.2, 0.25) is 0 Å². The lowest BCUT2D eigenvalue weighted by Crippen LogP contribution is -2.53. The molecule has 2 aliphatic rings. The van der Waals surface area contributed by atoms with Gasteiger partial charge in [0.05, 0.1) is 19.0 Å². The number of carbonyl (C=O) groups is 1. The zero-order valence-corrected chi connectivity index (χ0v) is 22.3. The number of benzene rings is 2. The van der Waals surface area contributed by atoms with Gasteiger partial charge in [-0.15, -0.1) is 0 Å². The van der Waals surface area contributed by atoms with Gasteiger partial charge in [-0.1, -0.05) is 0 Å². The van der Waals surface area contributed by atoms with E-state index in [0.29, 0.717) is 30.8 Å². The number of alkyl halides is 3. The smallest absolute Gasteiger partial charge is 0.433 e. The largest absolute Gasteiger partial charge is 0.497 e. The molecule has 2 aromatic carbocycles. The number of amides is 1. The van der Waals surface area contributed by atoms with Gasteiger partial charge in [-0.25, -0.2) is 18.3 Å². The first-order valence-electron chi connectivity index (χ1n) is 13.2. The van der Waals surface area contributed by atoms with Gasteiger partial charge in [0.25, 0.3) is 5.91 Å². The molecule has 1 saturated heterocycles. The fourth-order valence-corrected chi connectivity index (χ4v) is 5.86. The van der Waals surface area contributed by atoms with Crippen molar-refractivity contribution < 1.29 is 31.5 Å². The third kappa shape index (κ3) is 4.79. The maximum absolute atomic E-state index is 14.4. The summed E-state index contributed by atoms with van der Waals surface area (Å²) in [4.78, 5) is 21.8. The molecular weight excluding hydrogens is 545 g/mol. The van der Waals surface area contributed by atoms with Gasteiger partial charge in [-0.2, -0.15) is 18.3 Å². The van der Waals surface area contributed by atoms with Crippen LogP contribution in [-0.2, 0) is 25.6 Å². The lowest BCUT2D eigenvalue weighted by Gasteiger charge is -2.39. The molecule has 214 valence electrons. The third-order valence-electron chi connectivity index (χ3n) is 7.83. The average molecular weight is 572 g/mol. The van der Waals surface area contributed by atoms with E-state index in [2.05, 4.69) is 10.1 Å². The summed E-state index contributed by atoms with van der Waals surface area (Å²) in [6, 6.07) is 8.08. The van der Waals surface area contributed by atoms with Gasteiger partial charge in [-0.05, 0) is 61.7 Å². The second kappa shape index (κ2) is 10.1. The van der Waals surface area contributed by atoms with Crippen molar-refractivity contribution in [1.82, 2.24) is 24.4 Å². The van der Waals surface area contributed by atoms with Crippen LogP contribution in [0, 0.1) is 11.6 Å². The van der Waals surface area contributed by atoms with E-state index in [0.717, 1.165) is 34.5 Å². The lowest BCUT2D eigenvalue weighted by atomic mass is 9.87. The van der Waals surface area contributed by atoms with E-state index in [1.54, 1.807) is 30.0 Å². The van der Waals surface area contributed by atoms with E-state index in [1.807, 2.05) is 4.90 Å². The van der Waals surface area contributed by atoms with Crippen molar-refractivity contribution in [3.8, 4) is 17.0 Å². The fraction of sp³-hybridized carbons (Fsp3) is 0.345. The zero-order valence-electron chi connectivity index (χ0n) is 22.3. The Morgan fingerprint density at radius 1 is 1.10 bits per heavy atom. The minimum absolute atomic E-state index is 0.0320. The molecule has 4 aromatic rings. The standard InChI is InChI=1S/C29H26F5N5O2/c1-16-14-37(15-18-11-19(30)4-8-24(18)31)9-10-38(16)28(40)23-13-35-39-26(29(32,33)34)22-6-3-17-12-20(41-2)5-7-21(17)25(22)36-27(23)39/h4-5,7-8,11-13,16H,3,6,9-10,14-15H2,1-2H3/t16-/m1/s1.